The number of aliphatic hydroxyl groups excluding tert-OH is 1. The van der Waals surface area contributed by atoms with E-state index in [0.29, 0.717) is 17.9 Å². The molecule has 0 bridgehead atoms. The molecule has 0 amide bonds. The van der Waals surface area contributed by atoms with E-state index in [2.05, 4.69) is 10.1 Å². The summed E-state index contributed by atoms with van der Waals surface area (Å²) in [7, 11) is 0. The first-order valence-electron chi connectivity index (χ1n) is 5.98. The summed E-state index contributed by atoms with van der Waals surface area (Å²) in [5.74, 6) is 0. The number of benzene rings is 1. The second-order valence-corrected chi connectivity index (χ2v) is 4.62. The Morgan fingerprint density at radius 2 is 2.17 bits per heavy atom. The standard InChI is InChI=1S/C13H16ClN3O/c1-2-13(18)12(17-9-15-8-16-17)7-10-5-3-4-6-11(10)14/h3-6,8-9,12-13,18H,2,7H2,1H3. The summed E-state index contributed by atoms with van der Waals surface area (Å²) in [4.78, 5) is 3.93. The Balaban J connectivity index is 2.24. The SMILES string of the molecule is CCC(O)C(Cc1ccccc1Cl)n1cncn1. The molecule has 2 unspecified atom stereocenters. The number of halogens is 1. The van der Waals surface area contributed by atoms with E-state index in [9.17, 15) is 5.11 Å². The molecule has 1 heterocycles. The summed E-state index contributed by atoms with van der Waals surface area (Å²) < 4.78 is 1.69. The van der Waals surface area contributed by atoms with Crippen molar-refractivity contribution in [2.24, 2.45) is 0 Å². The van der Waals surface area contributed by atoms with Crippen LogP contribution in [-0.4, -0.2) is 26.0 Å². The van der Waals surface area contributed by atoms with E-state index in [1.165, 1.54) is 6.33 Å². The number of aliphatic hydroxyl groups is 1. The van der Waals surface area contributed by atoms with Gasteiger partial charge in [0.05, 0.1) is 12.1 Å². The highest BCUT2D eigenvalue weighted by Crippen LogP contribution is 2.24. The molecule has 1 N–H and O–H groups in total. The van der Waals surface area contributed by atoms with Crippen LogP contribution in [0.15, 0.2) is 36.9 Å². The molecule has 0 spiro atoms. The Morgan fingerprint density at radius 3 is 2.78 bits per heavy atom. The highest BCUT2D eigenvalue weighted by molar-refractivity contribution is 6.31. The van der Waals surface area contributed by atoms with Crippen LogP contribution >= 0.6 is 11.6 Å². The van der Waals surface area contributed by atoms with Gasteiger partial charge in [-0.2, -0.15) is 5.10 Å². The van der Waals surface area contributed by atoms with Crippen LogP contribution in [-0.2, 0) is 6.42 Å². The number of rotatable bonds is 5. The van der Waals surface area contributed by atoms with Gasteiger partial charge < -0.3 is 5.11 Å². The largest absolute Gasteiger partial charge is 0.391 e. The van der Waals surface area contributed by atoms with Crippen LogP contribution in [0, 0.1) is 0 Å². The van der Waals surface area contributed by atoms with E-state index >= 15 is 0 Å². The van der Waals surface area contributed by atoms with E-state index in [4.69, 9.17) is 11.6 Å². The molecule has 1 aromatic heterocycles. The van der Waals surface area contributed by atoms with Gasteiger partial charge in [0.2, 0.25) is 0 Å². The van der Waals surface area contributed by atoms with E-state index in [1.807, 2.05) is 31.2 Å². The van der Waals surface area contributed by atoms with E-state index in [-0.39, 0.29) is 6.04 Å². The first-order valence-corrected chi connectivity index (χ1v) is 6.35. The molecule has 0 radical (unpaired) electrons. The topological polar surface area (TPSA) is 50.9 Å². The maximum Gasteiger partial charge on any atom is 0.137 e. The second-order valence-electron chi connectivity index (χ2n) is 4.21. The average molecular weight is 266 g/mol. The highest BCUT2D eigenvalue weighted by Gasteiger charge is 2.21. The molecule has 2 rings (SSSR count). The lowest BCUT2D eigenvalue weighted by Gasteiger charge is -2.22. The molecule has 0 aliphatic carbocycles. The van der Waals surface area contributed by atoms with Crippen LogP contribution in [0.1, 0.15) is 24.9 Å². The van der Waals surface area contributed by atoms with Crippen molar-refractivity contribution < 1.29 is 5.11 Å². The third kappa shape index (κ3) is 2.89. The fraction of sp³-hybridized carbons (Fsp3) is 0.385. The highest BCUT2D eigenvalue weighted by atomic mass is 35.5. The number of hydrogen-bond acceptors (Lipinski definition) is 3. The molecule has 0 saturated carbocycles. The Morgan fingerprint density at radius 1 is 1.39 bits per heavy atom. The van der Waals surface area contributed by atoms with Crippen molar-refractivity contribution in [2.45, 2.75) is 31.9 Å². The van der Waals surface area contributed by atoms with Gasteiger partial charge in [0.15, 0.2) is 0 Å². The number of hydrogen-bond donors (Lipinski definition) is 1. The Bertz CT molecular complexity index is 487. The zero-order valence-corrected chi connectivity index (χ0v) is 11.0. The average Bonchev–Trinajstić information content (AvgIpc) is 2.90. The first-order chi connectivity index (χ1) is 8.72. The summed E-state index contributed by atoms with van der Waals surface area (Å²) in [5.41, 5.74) is 1.01. The smallest absolute Gasteiger partial charge is 0.137 e. The lowest BCUT2D eigenvalue weighted by atomic mass is 10.00. The van der Waals surface area contributed by atoms with Gasteiger partial charge in [-0.25, -0.2) is 9.67 Å². The molecule has 2 aromatic rings. The summed E-state index contributed by atoms with van der Waals surface area (Å²) in [6.45, 7) is 1.95. The second kappa shape index (κ2) is 5.98. The molecule has 0 saturated heterocycles. The normalized spacial score (nSPS) is 14.4. The summed E-state index contributed by atoms with van der Waals surface area (Å²) in [5, 5.41) is 14.9. The minimum absolute atomic E-state index is 0.141. The maximum atomic E-state index is 10.1. The lowest BCUT2D eigenvalue weighted by Crippen LogP contribution is -2.26. The molecule has 4 nitrogen and oxygen atoms in total. The van der Waals surface area contributed by atoms with Gasteiger partial charge in [-0.1, -0.05) is 36.7 Å². The van der Waals surface area contributed by atoms with Gasteiger partial charge in [0.1, 0.15) is 12.7 Å². The summed E-state index contributed by atoms with van der Waals surface area (Å²) >= 11 is 6.15. The van der Waals surface area contributed by atoms with Crippen molar-refractivity contribution in [1.82, 2.24) is 14.8 Å². The molecule has 2 atom stereocenters. The van der Waals surface area contributed by atoms with Crippen molar-refractivity contribution in [3.63, 3.8) is 0 Å². The van der Waals surface area contributed by atoms with Crippen molar-refractivity contribution in [3.05, 3.63) is 47.5 Å². The fourth-order valence-corrected chi connectivity index (χ4v) is 2.17. The summed E-state index contributed by atoms with van der Waals surface area (Å²) in [6.07, 6.45) is 3.93. The van der Waals surface area contributed by atoms with Crippen molar-refractivity contribution in [1.29, 1.82) is 0 Å². The van der Waals surface area contributed by atoms with Gasteiger partial charge in [0.25, 0.3) is 0 Å². The third-order valence-electron chi connectivity index (χ3n) is 3.03. The quantitative estimate of drug-likeness (QED) is 0.904. The zero-order chi connectivity index (χ0) is 13.0. The Kier molecular flexibility index (Phi) is 4.33. The van der Waals surface area contributed by atoms with Gasteiger partial charge in [0, 0.05) is 5.02 Å². The molecule has 1 aromatic carbocycles. The molecule has 0 aliphatic rings. The van der Waals surface area contributed by atoms with Crippen molar-refractivity contribution in [2.75, 3.05) is 0 Å². The molecule has 96 valence electrons. The van der Waals surface area contributed by atoms with Crippen LogP contribution in [0.5, 0.6) is 0 Å². The van der Waals surface area contributed by atoms with Crippen LogP contribution in [0.2, 0.25) is 5.02 Å². The molecular weight excluding hydrogens is 250 g/mol. The van der Waals surface area contributed by atoms with Gasteiger partial charge in [-0.3, -0.25) is 0 Å². The van der Waals surface area contributed by atoms with Crippen LogP contribution < -0.4 is 0 Å². The van der Waals surface area contributed by atoms with Crippen molar-refractivity contribution >= 4 is 11.6 Å². The minimum Gasteiger partial charge on any atom is -0.391 e. The van der Waals surface area contributed by atoms with Gasteiger partial charge in [-0.05, 0) is 24.5 Å². The maximum absolute atomic E-state index is 10.1. The number of nitrogens with zero attached hydrogens (tertiary/aromatic N) is 3. The van der Waals surface area contributed by atoms with E-state index in [1.54, 1.807) is 11.0 Å². The molecular formula is C13H16ClN3O. The number of aromatic nitrogens is 3. The third-order valence-corrected chi connectivity index (χ3v) is 3.39. The Labute approximate surface area is 111 Å². The molecule has 18 heavy (non-hydrogen) atoms. The Hall–Kier alpha value is -1.39. The van der Waals surface area contributed by atoms with Gasteiger partial charge in [-0.15, -0.1) is 0 Å². The van der Waals surface area contributed by atoms with E-state index < -0.39 is 6.10 Å². The van der Waals surface area contributed by atoms with Gasteiger partial charge >= 0.3 is 0 Å². The van der Waals surface area contributed by atoms with E-state index in [0.717, 1.165) is 5.56 Å². The monoisotopic (exact) mass is 265 g/mol. The molecule has 0 fully saturated rings. The summed E-state index contributed by atoms with van der Waals surface area (Å²) in [6, 6.07) is 7.52. The predicted molar refractivity (Wildman–Crippen MR) is 70.5 cm³/mol. The fourth-order valence-electron chi connectivity index (χ4n) is 1.96. The molecule has 0 aliphatic heterocycles. The van der Waals surface area contributed by atoms with Crippen molar-refractivity contribution in [3.8, 4) is 0 Å². The predicted octanol–water partition coefficient (Wildman–Crippen LogP) is 2.49. The van der Waals surface area contributed by atoms with Crippen LogP contribution in [0.3, 0.4) is 0 Å². The first kappa shape index (κ1) is 13.1. The van der Waals surface area contributed by atoms with Crippen LogP contribution in [0.25, 0.3) is 0 Å². The molecule has 5 heteroatoms. The zero-order valence-electron chi connectivity index (χ0n) is 10.2. The minimum atomic E-state index is -0.469. The van der Waals surface area contributed by atoms with Crippen LogP contribution in [0.4, 0.5) is 0 Å². The lowest BCUT2D eigenvalue weighted by molar-refractivity contribution is 0.101.